The molecule has 0 heterocycles. The van der Waals surface area contributed by atoms with Crippen LogP contribution in [0.5, 0.6) is 0 Å². The molecule has 3 N–H and O–H groups in total. The van der Waals surface area contributed by atoms with Gasteiger partial charge in [-0.2, -0.15) is 0 Å². The van der Waals surface area contributed by atoms with E-state index in [9.17, 15) is 4.79 Å². The third kappa shape index (κ3) is 3.18. The summed E-state index contributed by atoms with van der Waals surface area (Å²) in [5.74, 6) is 0.00990. The Balaban J connectivity index is 1.74. The van der Waals surface area contributed by atoms with Crippen LogP contribution in [0.15, 0.2) is 47.5 Å². The van der Waals surface area contributed by atoms with E-state index in [1.54, 1.807) is 0 Å². The van der Waals surface area contributed by atoms with E-state index >= 15 is 0 Å². The zero-order chi connectivity index (χ0) is 16.2. The van der Waals surface area contributed by atoms with Gasteiger partial charge in [0.05, 0.1) is 0 Å². The molecule has 1 radical (unpaired) electrons. The molecule has 23 heavy (non-hydrogen) atoms. The van der Waals surface area contributed by atoms with Crippen LogP contribution >= 0.6 is 0 Å². The first-order valence-electron chi connectivity index (χ1n) is 7.42. The zero-order valence-electron chi connectivity index (χ0n) is 12.7. The number of amides is 1. The number of carbonyl (C=O) groups excluding carboxylic acids is 1. The van der Waals surface area contributed by atoms with E-state index in [1.165, 1.54) is 22.3 Å². The molecular formula is C18H18N3O2. The molecule has 1 aliphatic carbocycles. The highest BCUT2D eigenvalue weighted by Crippen LogP contribution is 2.38. The van der Waals surface area contributed by atoms with Gasteiger partial charge in [0.25, 0.3) is 0 Å². The first-order valence-corrected chi connectivity index (χ1v) is 7.42. The first kappa shape index (κ1) is 15.1. The molecule has 1 aliphatic rings. The Hall–Kier alpha value is -2.82. The minimum absolute atomic E-state index is 0.00990. The number of rotatable bonds is 3. The van der Waals surface area contributed by atoms with Gasteiger partial charge in [-0.05, 0) is 41.2 Å². The van der Waals surface area contributed by atoms with Gasteiger partial charge in [-0.3, -0.25) is 0 Å². The predicted octanol–water partition coefficient (Wildman–Crippen LogP) is 2.63. The lowest BCUT2D eigenvalue weighted by Gasteiger charge is -2.08. The number of nitrogens with two attached hydrogens (primary N) is 1. The van der Waals surface area contributed by atoms with Crippen LogP contribution < -0.4 is 11.1 Å². The van der Waals surface area contributed by atoms with E-state index in [2.05, 4.69) is 35.4 Å². The molecule has 0 bridgehead atoms. The van der Waals surface area contributed by atoms with Gasteiger partial charge < -0.3 is 15.8 Å². The van der Waals surface area contributed by atoms with Gasteiger partial charge in [0.15, 0.2) is 5.96 Å². The molecule has 3 rings (SSSR count). The van der Waals surface area contributed by atoms with E-state index in [-0.39, 0.29) is 12.6 Å². The van der Waals surface area contributed by atoms with Gasteiger partial charge in [-0.1, -0.05) is 42.5 Å². The maximum absolute atomic E-state index is 11.7. The second kappa shape index (κ2) is 6.52. The quantitative estimate of drug-likeness (QED) is 0.576. The fraction of sp³-hybridized carbons (Fsp3) is 0.167. The van der Waals surface area contributed by atoms with Crippen molar-refractivity contribution in [2.45, 2.75) is 13.0 Å². The first-order chi connectivity index (χ1) is 11.2. The summed E-state index contributed by atoms with van der Waals surface area (Å²) in [6, 6.07) is 14.4. The number of carbonyl (C=O) groups is 1. The third-order valence-corrected chi connectivity index (χ3v) is 3.82. The van der Waals surface area contributed by atoms with Crippen molar-refractivity contribution in [3.05, 3.63) is 66.1 Å². The van der Waals surface area contributed by atoms with E-state index in [0.29, 0.717) is 6.54 Å². The standard InChI is InChI=1S/C18H18N3O2/c1-2-20-17(19)21-18(22)23-11-13-7-5-9-15-14-8-4-3-6-12(14)10-16(13)15/h3-9H,1-2,10-11H2,(H3,19,20,21,22). The average Bonchev–Trinajstić information content (AvgIpc) is 2.92. The molecule has 2 aromatic carbocycles. The lowest BCUT2D eigenvalue weighted by Crippen LogP contribution is -2.32. The topological polar surface area (TPSA) is 76.7 Å². The van der Waals surface area contributed by atoms with Crippen LogP contribution in [0.4, 0.5) is 4.79 Å². The fourth-order valence-corrected chi connectivity index (χ4v) is 2.80. The number of aliphatic imine (C=N–C) groups is 1. The third-order valence-electron chi connectivity index (χ3n) is 3.82. The lowest BCUT2D eigenvalue weighted by atomic mass is 10.0. The number of fused-ring (bicyclic) bond motifs is 3. The minimum atomic E-state index is -0.712. The van der Waals surface area contributed by atoms with Crippen molar-refractivity contribution in [1.29, 1.82) is 0 Å². The Labute approximate surface area is 135 Å². The molecule has 5 heteroatoms. The molecule has 117 valence electrons. The maximum atomic E-state index is 11.7. The molecule has 0 saturated carbocycles. The summed E-state index contributed by atoms with van der Waals surface area (Å²) in [6.45, 7) is 4.09. The smallest absolute Gasteiger partial charge is 0.437 e. The van der Waals surface area contributed by atoms with E-state index < -0.39 is 6.09 Å². The molecule has 0 aromatic heterocycles. The van der Waals surface area contributed by atoms with Gasteiger partial charge in [0.1, 0.15) is 6.61 Å². The number of ether oxygens (including phenoxy) is 1. The minimum Gasteiger partial charge on any atom is -0.443 e. The number of hydrogen-bond acceptors (Lipinski definition) is 2. The van der Waals surface area contributed by atoms with Crippen molar-refractivity contribution in [2.24, 2.45) is 10.7 Å². The van der Waals surface area contributed by atoms with Crippen LogP contribution in [-0.4, -0.2) is 18.6 Å². The Morgan fingerprint density at radius 3 is 2.83 bits per heavy atom. The Morgan fingerprint density at radius 2 is 2.00 bits per heavy atom. The van der Waals surface area contributed by atoms with E-state index in [4.69, 9.17) is 10.5 Å². The summed E-state index contributed by atoms with van der Waals surface area (Å²) in [7, 11) is 0. The molecular weight excluding hydrogens is 290 g/mol. The van der Waals surface area contributed by atoms with Crippen LogP contribution in [-0.2, 0) is 17.8 Å². The Bertz CT molecular complexity index is 769. The van der Waals surface area contributed by atoms with E-state index in [1.807, 2.05) is 24.3 Å². The van der Waals surface area contributed by atoms with Crippen molar-refractivity contribution >= 4 is 12.1 Å². The molecule has 0 aliphatic heterocycles. The summed E-state index contributed by atoms with van der Waals surface area (Å²) >= 11 is 0. The molecule has 5 nitrogen and oxygen atoms in total. The number of hydrogen-bond donors (Lipinski definition) is 2. The van der Waals surface area contributed by atoms with Crippen LogP contribution in [0.2, 0.25) is 0 Å². The van der Waals surface area contributed by atoms with Crippen LogP contribution in [0.3, 0.4) is 0 Å². The van der Waals surface area contributed by atoms with E-state index in [0.717, 1.165) is 12.0 Å². The summed E-state index contributed by atoms with van der Waals surface area (Å²) in [5.41, 5.74) is 11.4. The van der Waals surface area contributed by atoms with Gasteiger partial charge in [-0.25, -0.2) is 4.79 Å². The highest BCUT2D eigenvalue weighted by molar-refractivity contribution is 5.89. The normalized spacial score (nSPS) is 12.5. The van der Waals surface area contributed by atoms with Crippen molar-refractivity contribution in [3.8, 4) is 11.1 Å². The zero-order valence-corrected chi connectivity index (χ0v) is 12.7. The number of nitrogens with zero attached hydrogens (tertiary/aromatic N) is 1. The highest BCUT2D eigenvalue weighted by Gasteiger charge is 2.20. The molecule has 0 spiro atoms. The second-order valence-corrected chi connectivity index (χ2v) is 5.26. The van der Waals surface area contributed by atoms with Crippen LogP contribution in [0, 0.1) is 6.92 Å². The van der Waals surface area contributed by atoms with Gasteiger partial charge in [0, 0.05) is 6.54 Å². The molecule has 2 aromatic rings. The maximum Gasteiger partial charge on any atom is 0.437 e. The Kier molecular flexibility index (Phi) is 4.28. The largest absolute Gasteiger partial charge is 0.443 e. The van der Waals surface area contributed by atoms with Crippen molar-refractivity contribution < 1.29 is 9.53 Å². The predicted molar refractivity (Wildman–Crippen MR) is 89.9 cm³/mol. The van der Waals surface area contributed by atoms with Crippen molar-refractivity contribution in [3.63, 3.8) is 0 Å². The summed E-state index contributed by atoms with van der Waals surface area (Å²) in [4.78, 5) is 15.3. The molecule has 0 atom stereocenters. The lowest BCUT2D eigenvalue weighted by molar-refractivity contribution is 0.150. The number of nitrogens with one attached hydrogen (secondary N) is 1. The Morgan fingerprint density at radius 1 is 1.22 bits per heavy atom. The van der Waals surface area contributed by atoms with Gasteiger partial charge >= 0.3 is 6.09 Å². The second-order valence-electron chi connectivity index (χ2n) is 5.26. The molecule has 0 fully saturated rings. The molecule has 0 unspecified atom stereocenters. The van der Waals surface area contributed by atoms with Crippen molar-refractivity contribution in [1.82, 2.24) is 5.32 Å². The summed E-state index contributed by atoms with van der Waals surface area (Å²) in [5, 5.41) is 2.64. The SMILES string of the molecule is [CH2]CNC(N)=NC(=O)OCc1cccc2c1Cc1ccccc1-2. The monoisotopic (exact) mass is 308 g/mol. The molecule has 0 saturated heterocycles. The number of benzene rings is 2. The summed E-state index contributed by atoms with van der Waals surface area (Å²) < 4.78 is 5.20. The fourth-order valence-electron chi connectivity index (χ4n) is 2.80. The van der Waals surface area contributed by atoms with Crippen LogP contribution in [0.1, 0.15) is 16.7 Å². The molecule has 1 amide bonds. The van der Waals surface area contributed by atoms with Gasteiger partial charge in [0.2, 0.25) is 0 Å². The van der Waals surface area contributed by atoms with Crippen LogP contribution in [0.25, 0.3) is 11.1 Å². The highest BCUT2D eigenvalue weighted by atomic mass is 16.5. The number of guanidine groups is 1. The average molecular weight is 308 g/mol. The van der Waals surface area contributed by atoms with Gasteiger partial charge in [-0.15, -0.1) is 4.99 Å². The van der Waals surface area contributed by atoms with Crippen molar-refractivity contribution in [2.75, 3.05) is 6.54 Å². The summed E-state index contributed by atoms with van der Waals surface area (Å²) in [6.07, 6.45) is 0.143.